The SMILES string of the molecule is COc1ccc(CN(Cc2ccc3c(c2)OCO3)Cc2nc(C(=O)N3CCN(Cc4cccc(COc5ccc(CN(Cc6ccc7c(c6)OCO7)Cc6nc(C(=O)N7CCN(Cc8ccc9c(c8)OCO9)CC7)cs6)c(OC)c5)c4)CC3)cs2)c(OC)c1. The van der Waals surface area contributed by atoms with Gasteiger partial charge >= 0.3 is 0 Å². The normalized spacial score (nSPS) is 15.3. The van der Waals surface area contributed by atoms with Crippen LogP contribution in [0.2, 0.25) is 0 Å². The minimum absolute atomic E-state index is 0.0483. The number of hydrogen-bond acceptors (Lipinski definition) is 20. The number of aromatic nitrogens is 2. The largest absolute Gasteiger partial charge is 0.497 e. The van der Waals surface area contributed by atoms with Crippen molar-refractivity contribution >= 4 is 34.5 Å². The summed E-state index contributed by atoms with van der Waals surface area (Å²) in [6, 6.07) is 38.4. The second-order valence-electron chi connectivity index (χ2n) is 22.5. The maximum atomic E-state index is 14.0. The smallest absolute Gasteiger partial charge is 0.273 e. The number of fused-ring (bicyclic) bond motifs is 3. The Kier molecular flexibility index (Phi) is 18.3. The molecule has 13 rings (SSSR count). The van der Waals surface area contributed by atoms with Gasteiger partial charge in [-0.15, -0.1) is 22.7 Å². The lowest BCUT2D eigenvalue weighted by Crippen LogP contribution is -2.48. The zero-order valence-electron chi connectivity index (χ0n) is 50.1. The first-order chi connectivity index (χ1) is 43.6. The number of benzene rings is 6. The minimum Gasteiger partial charge on any atom is -0.497 e. The van der Waals surface area contributed by atoms with Crippen LogP contribution in [0, 0.1) is 0 Å². The Hall–Kier alpha value is -8.64. The molecule has 89 heavy (non-hydrogen) atoms. The van der Waals surface area contributed by atoms with Gasteiger partial charge in [-0.1, -0.05) is 54.6 Å². The predicted molar refractivity (Wildman–Crippen MR) is 334 cm³/mol. The van der Waals surface area contributed by atoms with E-state index in [-0.39, 0.29) is 32.2 Å². The van der Waals surface area contributed by atoms with E-state index in [1.807, 2.05) is 87.3 Å². The van der Waals surface area contributed by atoms with E-state index in [9.17, 15) is 9.59 Å². The van der Waals surface area contributed by atoms with Gasteiger partial charge in [0.1, 0.15) is 51.0 Å². The highest BCUT2D eigenvalue weighted by Crippen LogP contribution is 2.37. The Labute approximate surface area is 525 Å². The Morgan fingerprint density at radius 1 is 0.449 bits per heavy atom. The highest BCUT2D eigenvalue weighted by atomic mass is 32.1. The molecule has 0 N–H and O–H groups in total. The van der Waals surface area contributed by atoms with Gasteiger partial charge in [-0.3, -0.25) is 29.2 Å². The molecule has 0 saturated carbocycles. The van der Waals surface area contributed by atoms with Gasteiger partial charge in [-0.2, -0.15) is 0 Å². The van der Waals surface area contributed by atoms with E-state index in [0.717, 1.165) is 129 Å². The predicted octanol–water partition coefficient (Wildman–Crippen LogP) is 9.71. The summed E-state index contributed by atoms with van der Waals surface area (Å²) in [6.07, 6.45) is 0. The molecule has 0 aliphatic carbocycles. The number of rotatable bonds is 24. The Morgan fingerprint density at radius 2 is 0.888 bits per heavy atom. The number of ether oxygens (including phenoxy) is 10. The maximum absolute atomic E-state index is 14.0. The highest BCUT2D eigenvalue weighted by Gasteiger charge is 2.28. The number of thiazole rings is 2. The molecule has 0 bridgehead atoms. The van der Waals surface area contributed by atoms with Crippen LogP contribution in [0.5, 0.6) is 57.5 Å². The molecule has 462 valence electrons. The average Bonchev–Trinajstić information content (AvgIpc) is 4.56. The van der Waals surface area contributed by atoms with Crippen LogP contribution in [-0.4, -0.2) is 145 Å². The fraction of sp³-hybridized carbons (Fsp3) is 0.343. The van der Waals surface area contributed by atoms with Crippen LogP contribution < -0.4 is 47.4 Å². The first-order valence-electron chi connectivity index (χ1n) is 29.7. The first kappa shape index (κ1) is 59.3. The summed E-state index contributed by atoms with van der Waals surface area (Å²) in [5.74, 6) is 7.23. The molecule has 2 fully saturated rings. The molecular formula is C67H70N8O12S2. The van der Waals surface area contributed by atoms with E-state index in [4.69, 9.17) is 57.3 Å². The Morgan fingerprint density at radius 3 is 1.38 bits per heavy atom. The monoisotopic (exact) mass is 1240 g/mol. The topological polar surface area (TPSA) is 172 Å². The molecule has 0 unspecified atom stereocenters. The van der Waals surface area contributed by atoms with Crippen molar-refractivity contribution in [3.8, 4) is 57.5 Å². The molecule has 2 aromatic heterocycles. The molecule has 22 heteroatoms. The Balaban J connectivity index is 0.598. The third-order valence-electron chi connectivity index (χ3n) is 16.5. The van der Waals surface area contributed by atoms with Crippen molar-refractivity contribution in [2.45, 2.75) is 59.0 Å². The number of carbonyl (C=O) groups excluding carboxylic acids is 2. The fourth-order valence-electron chi connectivity index (χ4n) is 11.8. The summed E-state index contributed by atoms with van der Waals surface area (Å²) in [7, 11) is 4.98. The quantitative estimate of drug-likeness (QED) is 0.0559. The van der Waals surface area contributed by atoms with Gasteiger partial charge in [0, 0.05) is 126 Å². The van der Waals surface area contributed by atoms with Gasteiger partial charge < -0.3 is 57.2 Å². The molecule has 5 aliphatic heterocycles. The molecule has 0 radical (unpaired) electrons. The summed E-state index contributed by atoms with van der Waals surface area (Å²) < 4.78 is 57.4. The minimum atomic E-state index is -0.0514. The van der Waals surface area contributed by atoms with Crippen LogP contribution in [0.15, 0.2) is 126 Å². The lowest BCUT2D eigenvalue weighted by atomic mass is 10.1. The van der Waals surface area contributed by atoms with Crippen LogP contribution in [0.3, 0.4) is 0 Å². The van der Waals surface area contributed by atoms with Crippen LogP contribution in [0.1, 0.15) is 69.9 Å². The van der Waals surface area contributed by atoms with Crippen LogP contribution >= 0.6 is 22.7 Å². The molecule has 0 spiro atoms. The molecule has 2 amide bonds. The number of carbonyl (C=O) groups is 2. The van der Waals surface area contributed by atoms with Crippen molar-refractivity contribution in [2.75, 3.05) is 94.1 Å². The number of amides is 2. The zero-order chi connectivity index (χ0) is 60.6. The maximum Gasteiger partial charge on any atom is 0.273 e. The zero-order valence-corrected chi connectivity index (χ0v) is 51.7. The van der Waals surface area contributed by atoms with Crippen molar-refractivity contribution in [1.29, 1.82) is 0 Å². The number of piperazine rings is 2. The lowest BCUT2D eigenvalue weighted by Gasteiger charge is -2.34. The number of hydrogen-bond donors (Lipinski definition) is 0. The van der Waals surface area contributed by atoms with Crippen molar-refractivity contribution in [1.82, 2.24) is 39.4 Å². The summed E-state index contributed by atoms with van der Waals surface area (Å²) >= 11 is 3.00. The molecule has 0 atom stereocenters. The van der Waals surface area contributed by atoms with Crippen molar-refractivity contribution in [3.63, 3.8) is 0 Å². The second kappa shape index (κ2) is 27.4. The number of nitrogens with zero attached hydrogens (tertiary/aromatic N) is 8. The first-order valence-corrected chi connectivity index (χ1v) is 31.5. The van der Waals surface area contributed by atoms with E-state index in [0.29, 0.717) is 94.9 Å². The van der Waals surface area contributed by atoms with E-state index < -0.39 is 0 Å². The van der Waals surface area contributed by atoms with Crippen LogP contribution in [0.25, 0.3) is 0 Å². The Bertz CT molecular complexity index is 3810. The summed E-state index contributed by atoms with van der Waals surface area (Å²) in [6.45, 7) is 11.4. The summed E-state index contributed by atoms with van der Waals surface area (Å²) in [5.41, 5.74) is 8.42. The van der Waals surface area contributed by atoms with Crippen molar-refractivity contribution in [2.24, 2.45) is 0 Å². The van der Waals surface area contributed by atoms with Crippen molar-refractivity contribution < 1.29 is 57.0 Å². The third-order valence-corrected chi connectivity index (χ3v) is 18.1. The van der Waals surface area contributed by atoms with E-state index in [1.165, 1.54) is 28.2 Å². The van der Waals surface area contributed by atoms with Gasteiger partial charge in [-0.05, 0) is 76.3 Å². The van der Waals surface area contributed by atoms with Gasteiger partial charge in [0.2, 0.25) is 20.4 Å². The molecule has 2 saturated heterocycles. The number of methoxy groups -OCH3 is 3. The van der Waals surface area contributed by atoms with E-state index >= 15 is 0 Å². The van der Waals surface area contributed by atoms with Gasteiger partial charge in [0.25, 0.3) is 11.8 Å². The summed E-state index contributed by atoms with van der Waals surface area (Å²) in [5, 5.41) is 5.46. The van der Waals surface area contributed by atoms with E-state index in [2.05, 4.69) is 68.1 Å². The standard InChI is InChI=1S/C67H70N8O12S2/c1-78-52-12-10-50(59(29-52)79-2)35-72(33-47-8-15-57-62(27-47)86-43-83-57)37-64-68-54(40-88-64)66(76)74-21-17-70(18-22-74)31-45-5-4-6-49(25-45)39-81-53-13-11-51(60(30-53)80-3)36-73(34-48-9-16-58-63(28-48)87-44-84-58)38-65-69-55(41-89-65)67(77)75-23-19-71(20-24-75)32-46-7-14-56-61(26-46)85-42-82-56/h4-16,25-30,40-41H,17-24,31-39,42-44H2,1-3H3. The highest BCUT2D eigenvalue weighted by molar-refractivity contribution is 7.10. The van der Waals surface area contributed by atoms with Crippen LogP contribution in [0.4, 0.5) is 0 Å². The summed E-state index contributed by atoms with van der Waals surface area (Å²) in [4.78, 5) is 50.8. The second-order valence-corrected chi connectivity index (χ2v) is 24.4. The fourth-order valence-corrected chi connectivity index (χ4v) is 13.4. The van der Waals surface area contributed by atoms with E-state index in [1.54, 1.807) is 21.3 Å². The molecule has 7 heterocycles. The van der Waals surface area contributed by atoms with Gasteiger partial charge in [0.15, 0.2) is 34.5 Å². The molecule has 5 aliphatic rings. The molecule has 8 aromatic rings. The molecule has 20 nitrogen and oxygen atoms in total. The lowest BCUT2D eigenvalue weighted by molar-refractivity contribution is 0.0616. The van der Waals surface area contributed by atoms with Gasteiger partial charge in [0.05, 0.1) is 34.4 Å². The average molecular weight is 1240 g/mol. The van der Waals surface area contributed by atoms with Crippen molar-refractivity contribution in [3.05, 3.63) is 186 Å². The van der Waals surface area contributed by atoms with Crippen LogP contribution in [-0.2, 0) is 59.0 Å². The molecular weight excluding hydrogens is 1170 g/mol. The third kappa shape index (κ3) is 14.4. The molecule has 6 aromatic carbocycles. The van der Waals surface area contributed by atoms with Gasteiger partial charge in [-0.25, -0.2) is 9.97 Å².